The summed E-state index contributed by atoms with van der Waals surface area (Å²) in [4.78, 5) is 19.7. The second kappa shape index (κ2) is 6.20. The zero-order valence-corrected chi connectivity index (χ0v) is 17.4. The van der Waals surface area contributed by atoms with Crippen LogP contribution in [0.1, 0.15) is 49.7 Å². The second-order valence-electron chi connectivity index (χ2n) is 9.48. The van der Waals surface area contributed by atoms with Gasteiger partial charge in [0.15, 0.2) is 5.13 Å². The Hall–Kier alpha value is -1.62. The number of thiazole rings is 1. The molecule has 1 aromatic carbocycles. The first-order valence-corrected chi connectivity index (χ1v) is 11.1. The van der Waals surface area contributed by atoms with Gasteiger partial charge in [-0.25, -0.2) is 4.98 Å². The minimum Gasteiger partial charge on any atom is -0.349 e. The van der Waals surface area contributed by atoms with Gasteiger partial charge in [-0.15, -0.1) is 0 Å². The summed E-state index contributed by atoms with van der Waals surface area (Å²) in [5, 5.41) is 4.41. The van der Waals surface area contributed by atoms with Crippen LogP contribution in [-0.2, 0) is 4.79 Å². The molecule has 2 aromatic rings. The number of carbonyl (C=O) groups is 1. The summed E-state index contributed by atoms with van der Waals surface area (Å²) >= 11 is 1.69. The maximum atomic E-state index is 12.9. The molecule has 1 amide bonds. The molecule has 0 unspecified atom stereocenters. The lowest BCUT2D eigenvalue weighted by Crippen LogP contribution is -2.60. The van der Waals surface area contributed by atoms with Crippen molar-refractivity contribution in [3.05, 3.63) is 23.3 Å². The summed E-state index contributed by atoms with van der Waals surface area (Å²) in [5.41, 5.74) is 3.62. The molecule has 4 aliphatic rings. The molecule has 4 aliphatic carbocycles. The Kier molecular flexibility index (Phi) is 4.01. The highest BCUT2D eigenvalue weighted by atomic mass is 32.1. The lowest BCUT2D eigenvalue weighted by molar-refractivity contribution is -0.125. The molecular formula is C22H29N3OS. The third-order valence-electron chi connectivity index (χ3n) is 7.08. The fourth-order valence-corrected chi connectivity index (χ4v) is 7.37. The molecule has 4 fully saturated rings. The summed E-state index contributed by atoms with van der Waals surface area (Å²) in [7, 11) is 1.99. The Morgan fingerprint density at radius 1 is 1.15 bits per heavy atom. The summed E-state index contributed by atoms with van der Waals surface area (Å²) in [5.74, 6) is 2.71. The zero-order valence-electron chi connectivity index (χ0n) is 16.5. The maximum Gasteiger partial charge on any atom is 0.240 e. The largest absolute Gasteiger partial charge is 0.349 e. The van der Waals surface area contributed by atoms with Crippen molar-refractivity contribution in [1.82, 2.24) is 10.3 Å². The fraction of sp³-hybridized carbons (Fsp3) is 0.636. The summed E-state index contributed by atoms with van der Waals surface area (Å²) in [6, 6.07) is 4.28. The van der Waals surface area contributed by atoms with Crippen LogP contribution in [0.3, 0.4) is 0 Å². The number of anilines is 1. The number of amides is 1. The van der Waals surface area contributed by atoms with Crippen LogP contribution >= 0.6 is 11.3 Å². The predicted octanol–water partition coefficient (Wildman–Crippen LogP) is 4.43. The van der Waals surface area contributed by atoms with Crippen LogP contribution in [-0.4, -0.2) is 30.0 Å². The number of hydrogen-bond donors (Lipinski definition) is 1. The average Bonchev–Trinajstić information content (AvgIpc) is 3.03. The van der Waals surface area contributed by atoms with Gasteiger partial charge in [-0.05, 0) is 81.3 Å². The van der Waals surface area contributed by atoms with Gasteiger partial charge in [0.2, 0.25) is 5.91 Å². The van der Waals surface area contributed by atoms with Crippen LogP contribution in [0.2, 0.25) is 0 Å². The Labute approximate surface area is 165 Å². The first-order valence-electron chi connectivity index (χ1n) is 10.3. The molecule has 5 heteroatoms. The van der Waals surface area contributed by atoms with E-state index in [1.807, 2.05) is 11.9 Å². The molecule has 0 radical (unpaired) electrons. The van der Waals surface area contributed by atoms with E-state index < -0.39 is 0 Å². The predicted molar refractivity (Wildman–Crippen MR) is 111 cm³/mol. The van der Waals surface area contributed by atoms with E-state index in [2.05, 4.69) is 31.3 Å². The van der Waals surface area contributed by atoms with E-state index >= 15 is 0 Å². The quantitative estimate of drug-likeness (QED) is 0.849. The number of nitrogens with zero attached hydrogens (tertiary/aromatic N) is 2. The van der Waals surface area contributed by atoms with Gasteiger partial charge < -0.3 is 10.2 Å². The minimum absolute atomic E-state index is 0.0907. The van der Waals surface area contributed by atoms with E-state index in [1.165, 1.54) is 54.4 Å². The number of nitrogens with one attached hydrogen (secondary N) is 1. The number of fused-ring (bicyclic) bond motifs is 1. The second-order valence-corrected chi connectivity index (χ2v) is 10.5. The van der Waals surface area contributed by atoms with Gasteiger partial charge in [-0.3, -0.25) is 4.79 Å². The van der Waals surface area contributed by atoms with E-state index in [1.54, 1.807) is 11.3 Å². The molecule has 4 bridgehead atoms. The highest BCUT2D eigenvalue weighted by Gasteiger charge is 2.51. The number of aromatic nitrogens is 1. The molecule has 6 rings (SSSR count). The zero-order chi connectivity index (χ0) is 18.8. The molecule has 144 valence electrons. The van der Waals surface area contributed by atoms with Crippen LogP contribution in [0.4, 0.5) is 5.13 Å². The molecule has 1 aromatic heterocycles. The Balaban J connectivity index is 1.30. The molecule has 1 heterocycles. The van der Waals surface area contributed by atoms with Gasteiger partial charge in [-0.2, -0.15) is 0 Å². The van der Waals surface area contributed by atoms with Crippen LogP contribution in [0.5, 0.6) is 0 Å². The molecule has 0 saturated heterocycles. The number of aryl methyl sites for hydroxylation is 2. The highest BCUT2D eigenvalue weighted by molar-refractivity contribution is 7.22. The third kappa shape index (κ3) is 3.04. The van der Waals surface area contributed by atoms with Gasteiger partial charge in [0.1, 0.15) is 0 Å². The van der Waals surface area contributed by atoms with E-state index in [9.17, 15) is 4.79 Å². The molecule has 0 atom stereocenters. The fourth-order valence-electron chi connectivity index (χ4n) is 6.29. The number of carbonyl (C=O) groups excluding carboxylic acids is 1. The lowest BCUT2D eigenvalue weighted by Gasteiger charge is -2.57. The van der Waals surface area contributed by atoms with Crippen molar-refractivity contribution < 1.29 is 4.79 Å². The first-order chi connectivity index (χ1) is 12.9. The van der Waals surface area contributed by atoms with Crippen molar-refractivity contribution in [3.63, 3.8) is 0 Å². The normalized spacial score (nSPS) is 31.4. The van der Waals surface area contributed by atoms with E-state index in [0.29, 0.717) is 6.54 Å². The van der Waals surface area contributed by atoms with Gasteiger partial charge in [-0.1, -0.05) is 23.5 Å². The molecule has 27 heavy (non-hydrogen) atoms. The molecule has 1 N–H and O–H groups in total. The van der Waals surface area contributed by atoms with E-state index in [0.717, 1.165) is 28.4 Å². The summed E-state index contributed by atoms with van der Waals surface area (Å²) in [6.07, 6.45) is 7.81. The molecule has 0 aliphatic heterocycles. The van der Waals surface area contributed by atoms with Crippen molar-refractivity contribution in [1.29, 1.82) is 0 Å². The lowest BCUT2D eigenvalue weighted by atomic mass is 9.53. The molecule has 4 nitrogen and oxygen atoms in total. The van der Waals surface area contributed by atoms with Crippen molar-refractivity contribution in [3.8, 4) is 0 Å². The number of likely N-dealkylation sites (N-methyl/N-ethyl adjacent to an activating group) is 1. The third-order valence-corrected chi connectivity index (χ3v) is 8.39. The number of hydrogen-bond acceptors (Lipinski definition) is 4. The summed E-state index contributed by atoms with van der Waals surface area (Å²) < 4.78 is 1.23. The van der Waals surface area contributed by atoms with Crippen LogP contribution in [0.25, 0.3) is 10.2 Å². The van der Waals surface area contributed by atoms with Crippen molar-refractivity contribution in [2.75, 3.05) is 18.5 Å². The Morgan fingerprint density at radius 3 is 2.33 bits per heavy atom. The topological polar surface area (TPSA) is 45.2 Å². The Morgan fingerprint density at radius 2 is 1.74 bits per heavy atom. The molecule has 0 spiro atoms. The Bertz CT molecular complexity index is 828. The van der Waals surface area contributed by atoms with Crippen molar-refractivity contribution in [2.24, 2.45) is 17.8 Å². The van der Waals surface area contributed by atoms with Crippen molar-refractivity contribution >= 4 is 32.6 Å². The van der Waals surface area contributed by atoms with Gasteiger partial charge in [0.05, 0.1) is 16.8 Å². The SMILES string of the molecule is Cc1ccc(C)c2sc(N(C)CC(=O)NC34CC5CC(CC(C5)C3)C4)nc12. The highest BCUT2D eigenvalue weighted by Crippen LogP contribution is 2.55. The molecular weight excluding hydrogens is 354 g/mol. The maximum absolute atomic E-state index is 12.9. The van der Waals surface area contributed by atoms with Crippen molar-refractivity contribution in [2.45, 2.75) is 57.9 Å². The minimum atomic E-state index is 0.0907. The van der Waals surface area contributed by atoms with Gasteiger partial charge >= 0.3 is 0 Å². The van der Waals surface area contributed by atoms with Gasteiger partial charge in [0.25, 0.3) is 0 Å². The standard InChI is InChI=1S/C22H29N3OS/c1-13-4-5-14(2)20-19(13)23-21(27-20)25(3)12-18(26)24-22-9-15-6-16(10-22)8-17(7-15)11-22/h4-5,15-17H,6-12H2,1-3H3,(H,24,26). The smallest absolute Gasteiger partial charge is 0.240 e. The van der Waals surface area contributed by atoms with E-state index in [4.69, 9.17) is 4.98 Å². The van der Waals surface area contributed by atoms with Crippen LogP contribution in [0.15, 0.2) is 12.1 Å². The number of rotatable bonds is 4. The number of benzene rings is 1. The molecule has 4 saturated carbocycles. The average molecular weight is 384 g/mol. The van der Waals surface area contributed by atoms with Gasteiger partial charge in [0, 0.05) is 12.6 Å². The monoisotopic (exact) mass is 383 g/mol. The van der Waals surface area contributed by atoms with Crippen LogP contribution < -0.4 is 10.2 Å². The van der Waals surface area contributed by atoms with E-state index in [-0.39, 0.29) is 11.4 Å². The first kappa shape index (κ1) is 17.5. The summed E-state index contributed by atoms with van der Waals surface area (Å²) in [6.45, 7) is 4.62. The van der Waals surface area contributed by atoms with Crippen LogP contribution in [0, 0.1) is 31.6 Å².